The molecule has 5 aliphatic carbocycles. The summed E-state index contributed by atoms with van der Waals surface area (Å²) in [6.45, 7) is 12.9. The third-order valence-corrected chi connectivity index (χ3v) is 13.3. The first kappa shape index (κ1) is 25.6. The molecule has 0 aromatic carbocycles. The minimum Gasteiger partial charge on any atom is -0.468 e. The fraction of sp³-hybridized carbons (Fsp3) is 0.839. The van der Waals surface area contributed by atoms with Crippen molar-refractivity contribution in [3.63, 3.8) is 0 Å². The summed E-state index contributed by atoms with van der Waals surface area (Å²) in [5.74, 6) is -0.442. The number of aliphatic hydroxyl groups is 1. The predicted molar refractivity (Wildman–Crippen MR) is 137 cm³/mol. The summed E-state index contributed by atoms with van der Waals surface area (Å²) < 4.78 is 11.6. The summed E-state index contributed by atoms with van der Waals surface area (Å²) in [4.78, 5) is 41.4. The molecule has 0 aromatic heterocycles. The molecule has 0 unspecified atom stereocenters. The molecule has 5 fully saturated rings. The quantitative estimate of drug-likeness (QED) is 0.497. The fourth-order valence-corrected chi connectivity index (χ4v) is 11.2. The molecule has 1 saturated heterocycles. The van der Waals surface area contributed by atoms with Crippen molar-refractivity contribution in [1.82, 2.24) is 0 Å². The van der Waals surface area contributed by atoms with E-state index in [1.54, 1.807) is 0 Å². The number of rotatable bonds is 1. The minimum atomic E-state index is -0.894. The smallest absolute Gasteiger partial charge is 0.316 e. The van der Waals surface area contributed by atoms with Crippen molar-refractivity contribution >= 4 is 17.7 Å². The van der Waals surface area contributed by atoms with Crippen molar-refractivity contribution in [2.75, 3.05) is 7.11 Å². The van der Waals surface area contributed by atoms with E-state index in [1.807, 2.05) is 13.0 Å². The van der Waals surface area contributed by atoms with E-state index < -0.39 is 16.2 Å². The van der Waals surface area contributed by atoms with Gasteiger partial charge in [0.05, 0.1) is 24.0 Å². The third-order valence-electron chi connectivity index (χ3n) is 13.3. The summed E-state index contributed by atoms with van der Waals surface area (Å²) in [6.07, 6.45) is 7.00. The van der Waals surface area contributed by atoms with Crippen LogP contribution in [0.1, 0.15) is 92.9 Å². The van der Waals surface area contributed by atoms with E-state index in [-0.39, 0.29) is 63.9 Å². The molecule has 6 rings (SSSR count). The van der Waals surface area contributed by atoms with Gasteiger partial charge in [0.25, 0.3) is 0 Å². The number of methoxy groups -OCH3 is 1. The molecule has 6 nitrogen and oxygen atoms in total. The zero-order chi connectivity index (χ0) is 27.0. The number of aliphatic hydroxyl groups excluding tert-OH is 1. The Labute approximate surface area is 220 Å². The molecule has 1 aliphatic heterocycles. The average Bonchev–Trinajstić information content (AvgIpc) is 3.08. The van der Waals surface area contributed by atoms with Crippen LogP contribution in [-0.4, -0.2) is 42.1 Å². The first-order valence-electron chi connectivity index (χ1n) is 14.4. The van der Waals surface area contributed by atoms with Crippen LogP contribution >= 0.6 is 0 Å². The number of carbonyl (C=O) groups excluding carboxylic acids is 3. The maximum atomic E-state index is 14.4. The van der Waals surface area contributed by atoms with Crippen LogP contribution in [0, 0.1) is 50.2 Å². The lowest BCUT2D eigenvalue weighted by Gasteiger charge is -2.69. The molecule has 0 radical (unpaired) electrons. The minimum absolute atomic E-state index is 0.0765. The van der Waals surface area contributed by atoms with Gasteiger partial charge in [-0.3, -0.25) is 14.4 Å². The maximum Gasteiger partial charge on any atom is 0.316 e. The highest BCUT2D eigenvalue weighted by atomic mass is 16.6. The molecule has 1 heterocycles. The highest BCUT2D eigenvalue weighted by Gasteiger charge is 2.75. The third kappa shape index (κ3) is 2.74. The molecular weight excluding hydrogens is 468 g/mol. The van der Waals surface area contributed by atoms with E-state index in [1.165, 1.54) is 7.11 Å². The van der Waals surface area contributed by atoms with Gasteiger partial charge in [-0.1, -0.05) is 34.6 Å². The van der Waals surface area contributed by atoms with Crippen LogP contribution in [0.5, 0.6) is 0 Å². The van der Waals surface area contributed by atoms with Crippen LogP contribution in [0.2, 0.25) is 0 Å². The fourth-order valence-electron chi connectivity index (χ4n) is 11.2. The SMILES string of the molecule is COC(=O)[C@@]12CC[C@@]3(C)[C@@H]4C[C@](C)(C[C@H]3C1=CC(=O)[C@@H]1[C@@]3(C)CC[C@H](O)C(C)(C)[C@@H]3CC[C@]12C)C(=O)O4. The lowest BCUT2D eigenvalue weighted by Crippen LogP contribution is -2.69. The van der Waals surface area contributed by atoms with Crippen molar-refractivity contribution in [3.8, 4) is 0 Å². The Balaban J connectivity index is 1.55. The number of ketones is 1. The van der Waals surface area contributed by atoms with Gasteiger partial charge in [-0.15, -0.1) is 0 Å². The number of carbonyl (C=O) groups is 3. The Morgan fingerprint density at radius 3 is 2.35 bits per heavy atom. The van der Waals surface area contributed by atoms with Crippen LogP contribution in [0.15, 0.2) is 11.6 Å². The van der Waals surface area contributed by atoms with E-state index in [0.29, 0.717) is 25.7 Å². The van der Waals surface area contributed by atoms with E-state index in [9.17, 15) is 19.5 Å². The van der Waals surface area contributed by atoms with Gasteiger partial charge < -0.3 is 14.6 Å². The molecule has 10 atom stereocenters. The Hall–Kier alpha value is -1.69. The Morgan fingerprint density at radius 1 is 0.973 bits per heavy atom. The zero-order valence-electron chi connectivity index (χ0n) is 23.6. The normalized spacial score (nSPS) is 53.6. The summed E-state index contributed by atoms with van der Waals surface area (Å²) in [5.41, 5.74) is -2.06. The van der Waals surface area contributed by atoms with Crippen LogP contribution in [0.4, 0.5) is 0 Å². The van der Waals surface area contributed by atoms with Crippen molar-refractivity contribution in [2.45, 2.75) is 105 Å². The predicted octanol–water partition coefficient (Wildman–Crippen LogP) is 5.02. The standard InChI is InChI=1S/C31H44O6/c1-26(2)20-8-11-30(6)23(29(20,5)10-9-21(26)33)19(32)14-17-18-15-27(3)16-22(37-24(27)34)28(18,4)12-13-31(17,30)25(35)36-7/h14,18,20-23,33H,8-13,15-16H2,1-7H3/t18-,20-,21-,22-,23+,27-,28+,29-,30+,31+/m0/s1. The van der Waals surface area contributed by atoms with Crippen LogP contribution in [0.25, 0.3) is 0 Å². The van der Waals surface area contributed by atoms with Gasteiger partial charge in [-0.05, 0) is 91.6 Å². The van der Waals surface area contributed by atoms with E-state index >= 15 is 0 Å². The van der Waals surface area contributed by atoms with E-state index in [0.717, 1.165) is 31.3 Å². The number of hydrogen-bond donors (Lipinski definition) is 1. The van der Waals surface area contributed by atoms with Crippen LogP contribution < -0.4 is 0 Å². The van der Waals surface area contributed by atoms with Gasteiger partial charge in [0, 0.05) is 17.8 Å². The monoisotopic (exact) mass is 512 g/mol. The van der Waals surface area contributed by atoms with Gasteiger partial charge in [-0.25, -0.2) is 0 Å². The van der Waals surface area contributed by atoms with E-state index in [4.69, 9.17) is 9.47 Å². The van der Waals surface area contributed by atoms with Gasteiger partial charge >= 0.3 is 11.9 Å². The number of ether oxygens (including phenoxy) is 2. The van der Waals surface area contributed by atoms with E-state index in [2.05, 4.69) is 34.6 Å². The largest absolute Gasteiger partial charge is 0.468 e. The molecule has 37 heavy (non-hydrogen) atoms. The first-order valence-corrected chi connectivity index (χ1v) is 14.4. The first-order chi connectivity index (χ1) is 17.1. The van der Waals surface area contributed by atoms with Crippen molar-refractivity contribution in [3.05, 3.63) is 11.6 Å². The summed E-state index contributed by atoms with van der Waals surface area (Å²) in [6, 6.07) is 0. The van der Waals surface area contributed by atoms with Gasteiger partial charge in [0.2, 0.25) is 0 Å². The molecule has 0 spiro atoms. The highest BCUT2D eigenvalue weighted by molar-refractivity contribution is 5.99. The number of hydrogen-bond acceptors (Lipinski definition) is 6. The van der Waals surface area contributed by atoms with Gasteiger partial charge in [0.1, 0.15) is 6.10 Å². The second kappa shape index (κ2) is 7.28. The van der Waals surface area contributed by atoms with Crippen molar-refractivity contribution in [2.24, 2.45) is 50.2 Å². The van der Waals surface area contributed by atoms with Crippen molar-refractivity contribution < 1.29 is 29.0 Å². The average molecular weight is 513 g/mol. The molecule has 2 bridgehead atoms. The zero-order valence-corrected chi connectivity index (χ0v) is 23.6. The Morgan fingerprint density at radius 2 is 1.68 bits per heavy atom. The second-order valence-electron chi connectivity index (χ2n) is 15.1. The molecule has 0 aromatic rings. The van der Waals surface area contributed by atoms with Gasteiger partial charge in [-0.2, -0.15) is 0 Å². The van der Waals surface area contributed by atoms with Gasteiger partial charge in [0.15, 0.2) is 5.78 Å². The molecule has 6 heteroatoms. The lowest BCUT2D eigenvalue weighted by molar-refractivity contribution is -0.214. The number of allylic oxidation sites excluding steroid dienone is 1. The van der Waals surface area contributed by atoms with Crippen LogP contribution in [-0.2, 0) is 23.9 Å². The summed E-state index contributed by atoms with van der Waals surface area (Å²) in [5, 5.41) is 10.9. The molecule has 0 amide bonds. The molecule has 204 valence electrons. The number of fused-ring (bicyclic) bond motifs is 10. The number of esters is 2. The highest BCUT2D eigenvalue weighted by Crippen LogP contribution is 2.76. The Bertz CT molecular complexity index is 1120. The van der Waals surface area contributed by atoms with Crippen LogP contribution in [0.3, 0.4) is 0 Å². The molecule has 6 aliphatic rings. The molecule has 1 N–H and O–H groups in total. The topological polar surface area (TPSA) is 89.9 Å². The maximum absolute atomic E-state index is 14.4. The molecular formula is C31H44O6. The lowest BCUT2D eigenvalue weighted by atomic mass is 9.33. The molecule has 4 saturated carbocycles. The Kier molecular flexibility index (Phi) is 5.03. The second-order valence-corrected chi connectivity index (χ2v) is 15.1. The van der Waals surface area contributed by atoms with Crippen molar-refractivity contribution in [1.29, 1.82) is 0 Å². The summed E-state index contributed by atoms with van der Waals surface area (Å²) >= 11 is 0. The summed E-state index contributed by atoms with van der Waals surface area (Å²) in [7, 11) is 1.48.